The Kier molecular flexibility index (Phi) is 6.29. The number of rotatable bonds is 5. The van der Waals surface area contributed by atoms with Crippen LogP contribution in [0.5, 0.6) is 0 Å². The predicted molar refractivity (Wildman–Crippen MR) is 93.3 cm³/mol. The summed E-state index contributed by atoms with van der Waals surface area (Å²) in [4.78, 5) is 22.9. The molecule has 1 aromatic rings. The summed E-state index contributed by atoms with van der Waals surface area (Å²) in [5.74, 6) is -1.10. The van der Waals surface area contributed by atoms with Gasteiger partial charge in [0.25, 0.3) is 0 Å². The highest BCUT2D eigenvalue weighted by molar-refractivity contribution is 7.90. The van der Waals surface area contributed by atoms with E-state index >= 15 is 0 Å². The quantitative estimate of drug-likeness (QED) is 0.715. The highest BCUT2D eigenvalue weighted by Crippen LogP contribution is 2.24. The Morgan fingerprint density at radius 3 is 2.40 bits per heavy atom. The average Bonchev–Trinajstić information content (AvgIpc) is 2.52. The summed E-state index contributed by atoms with van der Waals surface area (Å²) in [6, 6.07) is 4.14. The number of hydrogen-bond donors (Lipinski definition) is 3. The summed E-state index contributed by atoms with van der Waals surface area (Å²) < 4.78 is 23.0. The molecule has 0 heterocycles. The first-order valence-electron chi connectivity index (χ1n) is 7.92. The van der Waals surface area contributed by atoms with Gasteiger partial charge in [0.2, 0.25) is 0 Å². The normalized spacial score (nSPS) is 20.7. The van der Waals surface area contributed by atoms with E-state index < -0.39 is 15.8 Å². The molecule has 0 bridgehead atoms. The number of halogens is 1. The van der Waals surface area contributed by atoms with Gasteiger partial charge in [-0.15, -0.1) is 0 Å². The lowest BCUT2D eigenvalue weighted by Gasteiger charge is -2.26. The van der Waals surface area contributed by atoms with E-state index in [2.05, 4.69) is 10.6 Å². The van der Waals surface area contributed by atoms with Crippen molar-refractivity contribution in [1.82, 2.24) is 10.6 Å². The van der Waals surface area contributed by atoms with Crippen LogP contribution in [0.4, 0.5) is 4.79 Å². The molecule has 1 fully saturated rings. The second-order valence-electron chi connectivity index (χ2n) is 6.25. The topological polar surface area (TPSA) is 113 Å². The third-order valence-electron chi connectivity index (χ3n) is 4.26. The first kappa shape index (κ1) is 19.5. The number of sulfone groups is 1. The molecule has 0 aromatic heterocycles. The summed E-state index contributed by atoms with van der Waals surface area (Å²) in [5, 5.41) is 14.6. The number of nitrogens with one attached hydrogen (secondary N) is 2. The van der Waals surface area contributed by atoms with Crippen LogP contribution in [-0.2, 0) is 21.2 Å². The van der Waals surface area contributed by atoms with Gasteiger partial charge < -0.3 is 15.7 Å². The van der Waals surface area contributed by atoms with Crippen LogP contribution in [0.1, 0.15) is 31.2 Å². The van der Waals surface area contributed by atoms with Crippen LogP contribution in [0.3, 0.4) is 0 Å². The van der Waals surface area contributed by atoms with Crippen LogP contribution in [0, 0.1) is 5.92 Å². The highest BCUT2D eigenvalue weighted by atomic mass is 35.5. The van der Waals surface area contributed by atoms with E-state index in [0.29, 0.717) is 31.2 Å². The molecule has 1 aliphatic carbocycles. The molecule has 1 aromatic carbocycles. The first-order valence-corrected chi connectivity index (χ1v) is 10.2. The van der Waals surface area contributed by atoms with Crippen molar-refractivity contribution in [1.29, 1.82) is 0 Å². The number of amides is 2. The Morgan fingerprint density at radius 2 is 1.88 bits per heavy atom. The Labute approximate surface area is 151 Å². The SMILES string of the molecule is CS(=O)(=O)c1ccc(CNC(=O)NC2CCC(C(=O)O)CC2)cc1Cl. The second-order valence-corrected chi connectivity index (χ2v) is 8.64. The lowest BCUT2D eigenvalue weighted by Crippen LogP contribution is -2.43. The number of aliphatic carboxylic acids is 1. The van der Waals surface area contributed by atoms with E-state index in [1.165, 1.54) is 12.1 Å². The average molecular weight is 389 g/mol. The van der Waals surface area contributed by atoms with Gasteiger partial charge in [-0.05, 0) is 43.4 Å². The van der Waals surface area contributed by atoms with Crippen molar-refractivity contribution in [3.8, 4) is 0 Å². The lowest BCUT2D eigenvalue weighted by molar-refractivity contribution is -0.142. The fraction of sp³-hybridized carbons (Fsp3) is 0.500. The number of urea groups is 1. The van der Waals surface area contributed by atoms with E-state index in [-0.39, 0.29) is 34.5 Å². The van der Waals surface area contributed by atoms with Gasteiger partial charge in [-0.25, -0.2) is 13.2 Å². The van der Waals surface area contributed by atoms with Crippen molar-refractivity contribution in [2.24, 2.45) is 5.92 Å². The molecule has 1 saturated carbocycles. The highest BCUT2D eigenvalue weighted by Gasteiger charge is 2.26. The second kappa shape index (κ2) is 8.05. The monoisotopic (exact) mass is 388 g/mol. The zero-order valence-electron chi connectivity index (χ0n) is 13.8. The molecule has 3 N–H and O–H groups in total. The predicted octanol–water partition coefficient (Wildman–Crippen LogP) is 2.19. The molecular formula is C16H21ClN2O5S. The van der Waals surface area contributed by atoms with Gasteiger partial charge in [-0.2, -0.15) is 0 Å². The Balaban J connectivity index is 1.83. The van der Waals surface area contributed by atoms with E-state index in [0.717, 1.165) is 6.26 Å². The zero-order valence-corrected chi connectivity index (χ0v) is 15.4. The van der Waals surface area contributed by atoms with Gasteiger partial charge in [0, 0.05) is 18.8 Å². The maximum Gasteiger partial charge on any atom is 0.315 e. The number of carboxylic acids is 1. The van der Waals surface area contributed by atoms with Gasteiger partial charge >= 0.3 is 12.0 Å². The smallest absolute Gasteiger partial charge is 0.315 e. The largest absolute Gasteiger partial charge is 0.481 e. The maximum absolute atomic E-state index is 11.9. The van der Waals surface area contributed by atoms with E-state index in [9.17, 15) is 18.0 Å². The van der Waals surface area contributed by atoms with E-state index in [1.807, 2.05) is 0 Å². The van der Waals surface area contributed by atoms with Crippen molar-refractivity contribution in [2.45, 2.75) is 43.2 Å². The molecule has 9 heteroatoms. The molecule has 25 heavy (non-hydrogen) atoms. The van der Waals surface area contributed by atoms with Gasteiger partial charge in [0.1, 0.15) is 0 Å². The van der Waals surface area contributed by atoms with Crippen LogP contribution >= 0.6 is 11.6 Å². The summed E-state index contributed by atoms with van der Waals surface area (Å²) in [6.07, 6.45) is 3.48. The Hall–Kier alpha value is -1.80. The molecule has 1 aliphatic rings. The lowest BCUT2D eigenvalue weighted by atomic mass is 9.86. The number of hydrogen-bond acceptors (Lipinski definition) is 4. The van der Waals surface area contributed by atoms with Crippen molar-refractivity contribution in [3.05, 3.63) is 28.8 Å². The maximum atomic E-state index is 11.9. The Morgan fingerprint density at radius 1 is 1.24 bits per heavy atom. The number of benzene rings is 1. The van der Waals surface area contributed by atoms with Crippen LogP contribution in [-0.4, -0.2) is 37.8 Å². The summed E-state index contributed by atoms with van der Waals surface area (Å²) in [7, 11) is -3.38. The molecular weight excluding hydrogens is 368 g/mol. The first-order chi connectivity index (χ1) is 11.7. The molecule has 0 atom stereocenters. The van der Waals surface area contributed by atoms with Gasteiger partial charge in [-0.3, -0.25) is 4.79 Å². The minimum atomic E-state index is -3.38. The molecule has 0 aliphatic heterocycles. The van der Waals surface area contributed by atoms with Crippen LogP contribution in [0.25, 0.3) is 0 Å². The van der Waals surface area contributed by atoms with E-state index in [1.54, 1.807) is 6.07 Å². The van der Waals surface area contributed by atoms with Crippen molar-refractivity contribution >= 4 is 33.4 Å². The van der Waals surface area contributed by atoms with Crippen LogP contribution < -0.4 is 10.6 Å². The molecule has 0 saturated heterocycles. The minimum Gasteiger partial charge on any atom is -0.481 e. The standard InChI is InChI=1S/C16H21ClN2O5S/c1-25(23,24)14-7-2-10(8-13(14)17)9-18-16(22)19-12-5-3-11(4-6-12)15(20)21/h2,7-8,11-12H,3-6,9H2,1H3,(H,20,21)(H2,18,19,22). The van der Waals surface area contributed by atoms with Gasteiger partial charge in [-0.1, -0.05) is 17.7 Å². The summed E-state index contributed by atoms with van der Waals surface area (Å²) in [5.41, 5.74) is 0.683. The number of carbonyl (C=O) groups excluding carboxylic acids is 1. The molecule has 2 amide bonds. The zero-order chi connectivity index (χ0) is 18.6. The fourth-order valence-electron chi connectivity index (χ4n) is 2.86. The fourth-order valence-corrected chi connectivity index (χ4v) is 4.21. The molecule has 2 rings (SSSR count). The molecule has 138 valence electrons. The van der Waals surface area contributed by atoms with Crippen molar-refractivity contribution in [2.75, 3.05) is 6.26 Å². The number of carbonyl (C=O) groups is 2. The van der Waals surface area contributed by atoms with E-state index in [4.69, 9.17) is 16.7 Å². The third-order valence-corrected chi connectivity index (χ3v) is 5.84. The Bertz CT molecular complexity index is 758. The minimum absolute atomic E-state index is 0.0354. The molecule has 0 unspecified atom stereocenters. The van der Waals surface area contributed by atoms with Gasteiger partial charge in [0.05, 0.1) is 15.8 Å². The number of carboxylic acid groups (broad SMARTS) is 1. The molecule has 7 nitrogen and oxygen atoms in total. The third kappa shape index (κ3) is 5.61. The van der Waals surface area contributed by atoms with Crippen LogP contribution in [0.2, 0.25) is 5.02 Å². The summed E-state index contributed by atoms with van der Waals surface area (Å²) in [6.45, 7) is 0.208. The van der Waals surface area contributed by atoms with Crippen molar-refractivity contribution < 1.29 is 23.1 Å². The van der Waals surface area contributed by atoms with Crippen LogP contribution in [0.15, 0.2) is 23.1 Å². The van der Waals surface area contributed by atoms with Crippen molar-refractivity contribution in [3.63, 3.8) is 0 Å². The van der Waals surface area contributed by atoms with Gasteiger partial charge in [0.15, 0.2) is 9.84 Å². The molecule has 0 radical (unpaired) electrons. The summed E-state index contributed by atoms with van der Waals surface area (Å²) >= 11 is 5.97. The molecule has 0 spiro atoms.